The second-order valence-corrected chi connectivity index (χ2v) is 6.75. The number of hydrogen-bond donors (Lipinski definition) is 1. The molecule has 1 N–H and O–H groups in total. The summed E-state index contributed by atoms with van der Waals surface area (Å²) in [5.74, 6) is -0.189. The molecule has 0 fully saturated rings. The van der Waals surface area contributed by atoms with E-state index in [9.17, 15) is 9.59 Å². The maximum atomic E-state index is 12.6. The van der Waals surface area contributed by atoms with Gasteiger partial charge >= 0.3 is 0 Å². The first-order chi connectivity index (χ1) is 11.9. The summed E-state index contributed by atoms with van der Waals surface area (Å²) < 4.78 is 3.16. The Balaban J connectivity index is 1.75. The van der Waals surface area contributed by atoms with Crippen LogP contribution in [0.4, 0.5) is 5.69 Å². The van der Waals surface area contributed by atoms with Gasteiger partial charge in [-0.3, -0.25) is 19.1 Å². The molecule has 0 saturated heterocycles. The molecule has 3 rings (SSSR count). The Morgan fingerprint density at radius 2 is 2.08 bits per heavy atom. The highest BCUT2D eigenvalue weighted by molar-refractivity contribution is 5.90. The number of nitrogens with one attached hydrogen (secondary N) is 1. The molecule has 1 amide bonds. The molecule has 3 heterocycles. The largest absolute Gasteiger partial charge is 0.325 e. The second kappa shape index (κ2) is 6.46. The van der Waals surface area contributed by atoms with E-state index in [0.29, 0.717) is 16.7 Å². The summed E-state index contributed by atoms with van der Waals surface area (Å²) >= 11 is 0. The first-order valence-electron chi connectivity index (χ1n) is 8.00. The van der Waals surface area contributed by atoms with Crippen LogP contribution in [0, 0.1) is 0 Å². The van der Waals surface area contributed by atoms with Crippen LogP contribution in [-0.2, 0) is 16.9 Å². The molecule has 3 aromatic rings. The first kappa shape index (κ1) is 16.8. The minimum Gasteiger partial charge on any atom is -0.325 e. The van der Waals surface area contributed by atoms with E-state index in [1.165, 1.54) is 17.1 Å². The topological polar surface area (TPSA) is 94.7 Å². The summed E-state index contributed by atoms with van der Waals surface area (Å²) in [5.41, 5.74) is 0.708. The second-order valence-electron chi connectivity index (χ2n) is 6.75. The lowest BCUT2D eigenvalue weighted by atomic mass is 10.1. The smallest absolute Gasteiger partial charge is 0.264 e. The molecule has 0 aliphatic rings. The van der Waals surface area contributed by atoms with E-state index < -0.39 is 0 Å². The number of pyridine rings is 1. The van der Waals surface area contributed by atoms with Gasteiger partial charge in [0.1, 0.15) is 5.39 Å². The highest BCUT2D eigenvalue weighted by Crippen LogP contribution is 2.17. The van der Waals surface area contributed by atoms with E-state index in [-0.39, 0.29) is 30.0 Å². The Labute approximate surface area is 144 Å². The molecule has 0 radical (unpaired) electrons. The molecule has 0 aliphatic heterocycles. The molecule has 3 aromatic heterocycles. The van der Waals surface area contributed by atoms with Gasteiger partial charge in [0.25, 0.3) is 5.56 Å². The molecule has 0 bridgehead atoms. The molecular formula is C17H20N6O2. The van der Waals surface area contributed by atoms with Gasteiger partial charge in [0.15, 0.2) is 5.65 Å². The number of aryl methyl sites for hydroxylation is 1. The van der Waals surface area contributed by atoms with Gasteiger partial charge in [0.05, 0.1) is 29.9 Å². The summed E-state index contributed by atoms with van der Waals surface area (Å²) in [7, 11) is 0. The number of anilines is 1. The van der Waals surface area contributed by atoms with Crippen LogP contribution in [0.15, 0.2) is 41.8 Å². The monoisotopic (exact) mass is 340 g/mol. The van der Waals surface area contributed by atoms with Gasteiger partial charge in [-0.2, -0.15) is 5.10 Å². The third-order valence-electron chi connectivity index (χ3n) is 3.71. The lowest BCUT2D eigenvalue weighted by molar-refractivity contribution is -0.116. The van der Waals surface area contributed by atoms with E-state index in [2.05, 4.69) is 20.4 Å². The summed E-state index contributed by atoms with van der Waals surface area (Å²) in [6.07, 6.45) is 6.36. The fraction of sp³-hybridized carbons (Fsp3) is 0.353. The van der Waals surface area contributed by atoms with Crippen LogP contribution in [0.1, 0.15) is 27.2 Å². The number of carbonyl (C=O) groups excluding carboxylic acids is 1. The Kier molecular flexibility index (Phi) is 4.35. The molecule has 0 spiro atoms. The molecule has 0 saturated carbocycles. The lowest BCUT2D eigenvalue weighted by Crippen LogP contribution is -2.26. The highest BCUT2D eigenvalue weighted by Gasteiger charge is 2.19. The molecule has 8 nitrogen and oxygen atoms in total. The van der Waals surface area contributed by atoms with Gasteiger partial charge in [0.2, 0.25) is 5.91 Å². The van der Waals surface area contributed by atoms with Crippen LogP contribution in [0.3, 0.4) is 0 Å². The maximum absolute atomic E-state index is 12.6. The molecular weight excluding hydrogens is 320 g/mol. The van der Waals surface area contributed by atoms with Crippen molar-refractivity contribution < 1.29 is 4.79 Å². The number of carbonyl (C=O) groups is 1. The van der Waals surface area contributed by atoms with Gasteiger partial charge in [-0.25, -0.2) is 9.67 Å². The van der Waals surface area contributed by atoms with Crippen molar-refractivity contribution in [2.24, 2.45) is 0 Å². The van der Waals surface area contributed by atoms with E-state index in [0.717, 1.165) is 0 Å². The van der Waals surface area contributed by atoms with Crippen molar-refractivity contribution in [1.82, 2.24) is 24.3 Å². The fourth-order valence-electron chi connectivity index (χ4n) is 2.48. The van der Waals surface area contributed by atoms with Crippen molar-refractivity contribution in [1.29, 1.82) is 0 Å². The Morgan fingerprint density at radius 1 is 1.28 bits per heavy atom. The fourth-order valence-corrected chi connectivity index (χ4v) is 2.48. The van der Waals surface area contributed by atoms with Gasteiger partial charge < -0.3 is 5.32 Å². The quantitative estimate of drug-likeness (QED) is 0.781. The summed E-state index contributed by atoms with van der Waals surface area (Å²) in [6.45, 7) is 6.23. The third-order valence-corrected chi connectivity index (χ3v) is 3.71. The number of hydrogen-bond acceptors (Lipinski definition) is 5. The molecule has 25 heavy (non-hydrogen) atoms. The number of rotatable bonds is 4. The normalized spacial score (nSPS) is 11.6. The van der Waals surface area contributed by atoms with Crippen LogP contribution in [0.25, 0.3) is 11.0 Å². The van der Waals surface area contributed by atoms with Crippen molar-refractivity contribution in [3.8, 4) is 0 Å². The van der Waals surface area contributed by atoms with Crippen LogP contribution in [0.2, 0.25) is 0 Å². The third kappa shape index (κ3) is 3.57. The first-order valence-corrected chi connectivity index (χ1v) is 8.00. The highest BCUT2D eigenvalue weighted by atomic mass is 16.2. The average Bonchev–Trinajstić information content (AvgIpc) is 3.00. The number of amides is 1. The van der Waals surface area contributed by atoms with Gasteiger partial charge in [-0.05, 0) is 32.9 Å². The summed E-state index contributed by atoms with van der Waals surface area (Å²) in [4.78, 5) is 32.9. The minimum atomic E-state index is -0.267. The minimum absolute atomic E-state index is 0.162. The molecule has 0 unspecified atom stereocenters. The Hall–Kier alpha value is -3.03. The molecule has 0 aromatic carbocycles. The van der Waals surface area contributed by atoms with Crippen LogP contribution >= 0.6 is 0 Å². The summed E-state index contributed by atoms with van der Waals surface area (Å²) in [5, 5.41) is 7.46. The Morgan fingerprint density at radius 3 is 2.76 bits per heavy atom. The molecule has 0 atom stereocenters. The zero-order valence-corrected chi connectivity index (χ0v) is 14.4. The molecule has 130 valence electrons. The van der Waals surface area contributed by atoms with E-state index in [1.54, 1.807) is 29.2 Å². The number of nitrogens with zero attached hydrogens (tertiary/aromatic N) is 5. The van der Waals surface area contributed by atoms with Crippen LogP contribution < -0.4 is 10.9 Å². The van der Waals surface area contributed by atoms with Crippen molar-refractivity contribution in [2.75, 3.05) is 5.32 Å². The van der Waals surface area contributed by atoms with Gasteiger partial charge in [0, 0.05) is 19.2 Å². The molecule has 0 aliphatic carbocycles. The van der Waals surface area contributed by atoms with Crippen LogP contribution in [-0.4, -0.2) is 30.2 Å². The van der Waals surface area contributed by atoms with Crippen molar-refractivity contribution >= 4 is 22.6 Å². The lowest BCUT2D eigenvalue weighted by Gasteiger charge is -2.19. The van der Waals surface area contributed by atoms with E-state index in [4.69, 9.17) is 0 Å². The zero-order valence-electron chi connectivity index (χ0n) is 14.4. The van der Waals surface area contributed by atoms with Crippen LogP contribution in [0.5, 0.6) is 0 Å². The molecule has 8 heteroatoms. The van der Waals surface area contributed by atoms with E-state index in [1.807, 2.05) is 20.8 Å². The predicted octanol–water partition coefficient (Wildman–Crippen LogP) is 1.77. The maximum Gasteiger partial charge on any atom is 0.264 e. The van der Waals surface area contributed by atoms with Crippen molar-refractivity contribution in [2.45, 2.75) is 39.3 Å². The Bertz CT molecular complexity index is 953. The van der Waals surface area contributed by atoms with Gasteiger partial charge in [-0.1, -0.05) is 0 Å². The van der Waals surface area contributed by atoms with Crippen molar-refractivity contribution in [3.05, 3.63) is 47.4 Å². The average molecular weight is 340 g/mol. The number of fused-ring (bicyclic) bond motifs is 1. The summed E-state index contributed by atoms with van der Waals surface area (Å²) in [6, 6.07) is 3.50. The van der Waals surface area contributed by atoms with Crippen molar-refractivity contribution in [3.63, 3.8) is 0 Å². The standard InChI is InChI=1S/C17H20N6O2/c1-17(2,3)23-15-13(10-20-23)16(25)22(11-19-15)8-6-14(24)21-12-5-4-7-18-9-12/h4-5,7,9-11H,6,8H2,1-3H3,(H,21,24). The number of aromatic nitrogens is 5. The van der Waals surface area contributed by atoms with Gasteiger partial charge in [-0.15, -0.1) is 0 Å². The van der Waals surface area contributed by atoms with E-state index >= 15 is 0 Å². The predicted molar refractivity (Wildman–Crippen MR) is 94.3 cm³/mol. The SMILES string of the molecule is CC(C)(C)n1ncc2c(=O)n(CCC(=O)Nc3cccnc3)cnc21. The zero-order chi connectivity index (χ0) is 18.0.